The first kappa shape index (κ1) is 16.1. The second-order valence-electron chi connectivity index (χ2n) is 4.97. The summed E-state index contributed by atoms with van der Waals surface area (Å²) < 4.78 is 19.1. The van der Waals surface area contributed by atoms with Gasteiger partial charge in [-0.3, -0.25) is 0 Å². The molecule has 0 aliphatic carbocycles. The summed E-state index contributed by atoms with van der Waals surface area (Å²) in [6.07, 6.45) is 0.550. The third-order valence-corrected chi connectivity index (χ3v) is 3.68. The second kappa shape index (κ2) is 7.12. The lowest BCUT2D eigenvalue weighted by atomic mass is 10.1. The number of rotatable bonds is 5. The average Bonchev–Trinajstić information content (AvgIpc) is 2.41. The molecule has 2 aromatic rings. The van der Waals surface area contributed by atoms with Crippen molar-refractivity contribution in [1.29, 1.82) is 0 Å². The minimum Gasteiger partial charge on any atom is -0.489 e. The van der Waals surface area contributed by atoms with Crippen molar-refractivity contribution in [1.82, 2.24) is 0 Å². The monoisotopic (exact) mass is 327 g/mol. The summed E-state index contributed by atoms with van der Waals surface area (Å²) in [6, 6.07) is 9.67. The first-order valence-electron chi connectivity index (χ1n) is 6.56. The van der Waals surface area contributed by atoms with E-state index in [2.05, 4.69) is 0 Å². The summed E-state index contributed by atoms with van der Waals surface area (Å²) in [6.45, 7) is 2.20. The largest absolute Gasteiger partial charge is 0.489 e. The van der Waals surface area contributed by atoms with Gasteiger partial charge in [-0.05, 0) is 54.8 Å². The SMILES string of the molecule is CC(N)Cc1cc(F)ccc1OCc1ccc(Cl)c(Cl)c1. The smallest absolute Gasteiger partial charge is 0.123 e. The van der Waals surface area contributed by atoms with Gasteiger partial charge >= 0.3 is 0 Å². The van der Waals surface area contributed by atoms with Crippen LogP contribution < -0.4 is 10.5 Å². The zero-order chi connectivity index (χ0) is 15.4. The predicted molar refractivity (Wildman–Crippen MR) is 84.5 cm³/mol. The molecule has 0 bridgehead atoms. The van der Waals surface area contributed by atoms with Gasteiger partial charge in [0.1, 0.15) is 18.2 Å². The quantitative estimate of drug-likeness (QED) is 0.870. The fourth-order valence-electron chi connectivity index (χ4n) is 1.99. The first-order valence-corrected chi connectivity index (χ1v) is 7.32. The molecule has 112 valence electrons. The van der Waals surface area contributed by atoms with Gasteiger partial charge in [0, 0.05) is 6.04 Å². The summed E-state index contributed by atoms with van der Waals surface area (Å²) in [5.41, 5.74) is 7.42. The Morgan fingerprint density at radius 3 is 2.57 bits per heavy atom. The van der Waals surface area contributed by atoms with Crippen LogP contribution in [-0.2, 0) is 13.0 Å². The molecule has 0 spiro atoms. The fourth-order valence-corrected chi connectivity index (χ4v) is 2.31. The van der Waals surface area contributed by atoms with E-state index in [9.17, 15) is 4.39 Å². The Morgan fingerprint density at radius 2 is 1.90 bits per heavy atom. The number of nitrogens with two attached hydrogens (primary N) is 1. The maximum absolute atomic E-state index is 13.3. The molecule has 1 unspecified atom stereocenters. The molecule has 21 heavy (non-hydrogen) atoms. The fraction of sp³-hybridized carbons (Fsp3) is 0.250. The van der Waals surface area contributed by atoms with E-state index < -0.39 is 0 Å². The van der Waals surface area contributed by atoms with E-state index in [1.165, 1.54) is 12.1 Å². The van der Waals surface area contributed by atoms with E-state index >= 15 is 0 Å². The molecule has 0 saturated carbocycles. The maximum Gasteiger partial charge on any atom is 0.123 e. The molecular weight excluding hydrogens is 312 g/mol. The van der Waals surface area contributed by atoms with Crippen LogP contribution in [0.4, 0.5) is 4.39 Å². The molecule has 0 saturated heterocycles. The van der Waals surface area contributed by atoms with E-state index in [-0.39, 0.29) is 11.9 Å². The van der Waals surface area contributed by atoms with Gasteiger partial charge in [0.05, 0.1) is 10.0 Å². The Balaban J connectivity index is 2.13. The number of hydrogen-bond acceptors (Lipinski definition) is 2. The van der Waals surface area contributed by atoms with Crippen molar-refractivity contribution in [3.63, 3.8) is 0 Å². The zero-order valence-corrected chi connectivity index (χ0v) is 13.1. The third kappa shape index (κ3) is 4.60. The van der Waals surface area contributed by atoms with Crippen LogP contribution >= 0.6 is 23.2 Å². The number of ether oxygens (including phenoxy) is 1. The molecule has 2 aromatic carbocycles. The Hall–Kier alpha value is -1.29. The summed E-state index contributed by atoms with van der Waals surface area (Å²) in [7, 11) is 0. The van der Waals surface area contributed by atoms with Crippen molar-refractivity contribution in [2.45, 2.75) is 26.0 Å². The summed E-state index contributed by atoms with van der Waals surface area (Å²) in [4.78, 5) is 0. The Bertz CT molecular complexity index is 632. The predicted octanol–water partition coefficient (Wildman–Crippen LogP) is 4.60. The molecule has 0 radical (unpaired) electrons. The number of halogens is 3. The average molecular weight is 328 g/mol. The highest BCUT2D eigenvalue weighted by Gasteiger charge is 2.09. The van der Waals surface area contributed by atoms with Crippen LogP contribution in [0.2, 0.25) is 10.0 Å². The molecule has 2 nitrogen and oxygen atoms in total. The molecule has 2 N–H and O–H groups in total. The van der Waals surface area contributed by atoms with Gasteiger partial charge in [-0.1, -0.05) is 29.3 Å². The van der Waals surface area contributed by atoms with Crippen LogP contribution in [0.25, 0.3) is 0 Å². The van der Waals surface area contributed by atoms with Crippen LogP contribution in [0.3, 0.4) is 0 Å². The van der Waals surface area contributed by atoms with Crippen LogP contribution in [0.15, 0.2) is 36.4 Å². The first-order chi connectivity index (χ1) is 9.95. The van der Waals surface area contributed by atoms with Crippen molar-refractivity contribution < 1.29 is 9.13 Å². The summed E-state index contributed by atoms with van der Waals surface area (Å²) in [5, 5.41) is 0.979. The van der Waals surface area contributed by atoms with Gasteiger partial charge in [0.25, 0.3) is 0 Å². The molecule has 1 atom stereocenters. The van der Waals surface area contributed by atoms with E-state index in [1.807, 2.05) is 13.0 Å². The van der Waals surface area contributed by atoms with Crippen molar-refractivity contribution in [2.75, 3.05) is 0 Å². The van der Waals surface area contributed by atoms with Gasteiger partial charge in [-0.25, -0.2) is 4.39 Å². The van der Waals surface area contributed by atoms with Gasteiger partial charge < -0.3 is 10.5 Å². The molecule has 0 aliphatic heterocycles. The van der Waals surface area contributed by atoms with Gasteiger partial charge in [-0.2, -0.15) is 0 Å². The second-order valence-corrected chi connectivity index (χ2v) is 5.78. The van der Waals surface area contributed by atoms with Gasteiger partial charge in [0.15, 0.2) is 0 Å². The number of hydrogen-bond donors (Lipinski definition) is 1. The van der Waals surface area contributed by atoms with Gasteiger partial charge in [0.2, 0.25) is 0 Å². The highest BCUT2D eigenvalue weighted by Crippen LogP contribution is 2.25. The lowest BCUT2D eigenvalue weighted by molar-refractivity contribution is 0.302. The highest BCUT2D eigenvalue weighted by molar-refractivity contribution is 6.42. The van der Waals surface area contributed by atoms with Crippen molar-refractivity contribution >= 4 is 23.2 Å². The molecular formula is C16H16Cl2FNO. The summed E-state index contributed by atoms with van der Waals surface area (Å²) >= 11 is 11.8. The van der Waals surface area contributed by atoms with E-state index in [4.69, 9.17) is 33.7 Å². The van der Waals surface area contributed by atoms with E-state index in [1.54, 1.807) is 18.2 Å². The molecule has 0 heterocycles. The topological polar surface area (TPSA) is 35.2 Å². The molecule has 0 aliphatic rings. The van der Waals surface area contributed by atoms with Crippen LogP contribution in [-0.4, -0.2) is 6.04 Å². The standard InChI is InChI=1S/C16H16Cl2FNO/c1-10(20)6-12-8-13(19)3-5-16(12)21-9-11-2-4-14(17)15(18)7-11/h2-5,7-8,10H,6,9,20H2,1H3. The third-order valence-electron chi connectivity index (χ3n) is 2.94. The van der Waals surface area contributed by atoms with Crippen molar-refractivity contribution in [3.8, 4) is 5.75 Å². The van der Waals surface area contributed by atoms with Crippen LogP contribution in [0, 0.1) is 5.82 Å². The molecule has 0 aromatic heterocycles. The Kier molecular flexibility index (Phi) is 5.45. The summed E-state index contributed by atoms with van der Waals surface area (Å²) in [5.74, 6) is 0.326. The van der Waals surface area contributed by atoms with Crippen molar-refractivity contribution in [3.05, 3.63) is 63.4 Å². The lowest BCUT2D eigenvalue weighted by Crippen LogP contribution is -2.18. The molecule has 2 rings (SSSR count). The molecule has 5 heteroatoms. The maximum atomic E-state index is 13.3. The van der Waals surface area contributed by atoms with Gasteiger partial charge in [-0.15, -0.1) is 0 Å². The normalized spacial score (nSPS) is 12.2. The Morgan fingerprint density at radius 1 is 1.14 bits per heavy atom. The van der Waals surface area contributed by atoms with Crippen LogP contribution in [0.5, 0.6) is 5.75 Å². The zero-order valence-electron chi connectivity index (χ0n) is 11.6. The minimum absolute atomic E-state index is 0.0703. The van der Waals surface area contributed by atoms with Crippen LogP contribution in [0.1, 0.15) is 18.1 Å². The Labute approximate surface area is 133 Å². The lowest BCUT2D eigenvalue weighted by Gasteiger charge is -2.13. The van der Waals surface area contributed by atoms with E-state index in [0.29, 0.717) is 28.8 Å². The number of benzene rings is 2. The minimum atomic E-state index is -0.299. The van der Waals surface area contributed by atoms with Crippen molar-refractivity contribution in [2.24, 2.45) is 5.73 Å². The molecule has 0 amide bonds. The molecule has 0 fully saturated rings. The van der Waals surface area contributed by atoms with E-state index in [0.717, 1.165) is 11.1 Å². The highest BCUT2D eigenvalue weighted by atomic mass is 35.5.